The Kier molecular flexibility index (Phi) is 7.11. The number of anilines is 2. The van der Waals surface area contributed by atoms with Crippen LogP contribution in [0, 0.1) is 12.8 Å². The van der Waals surface area contributed by atoms with E-state index in [1.807, 2.05) is 6.92 Å². The molecule has 1 unspecified atom stereocenters. The Balaban J connectivity index is 1.58. The van der Waals surface area contributed by atoms with Crippen LogP contribution in [0.2, 0.25) is 5.02 Å². The smallest absolute Gasteiger partial charge is 0.255 e. The molecule has 3 rings (SSSR count). The molecule has 0 saturated carbocycles. The highest BCUT2D eigenvalue weighted by molar-refractivity contribution is 6.31. The molecule has 30 heavy (non-hydrogen) atoms. The molecule has 6 nitrogen and oxygen atoms in total. The van der Waals surface area contributed by atoms with Gasteiger partial charge >= 0.3 is 0 Å². The molecule has 158 valence electrons. The SMILES string of the molecule is CCCCN1CC(C(=O)Nc2ccc(C(=O)Nc3cccc(Cl)c3C)cc2)CC1=O. The van der Waals surface area contributed by atoms with E-state index in [4.69, 9.17) is 11.6 Å². The highest BCUT2D eigenvalue weighted by Gasteiger charge is 2.33. The number of unbranched alkanes of at least 4 members (excludes halogenated alkanes) is 1. The lowest BCUT2D eigenvalue weighted by molar-refractivity contribution is -0.128. The maximum absolute atomic E-state index is 12.5. The van der Waals surface area contributed by atoms with E-state index in [-0.39, 0.29) is 30.1 Å². The van der Waals surface area contributed by atoms with Crippen molar-refractivity contribution in [3.63, 3.8) is 0 Å². The molecule has 2 N–H and O–H groups in total. The average molecular weight is 428 g/mol. The van der Waals surface area contributed by atoms with Gasteiger partial charge in [0.2, 0.25) is 11.8 Å². The third-order valence-electron chi connectivity index (χ3n) is 5.30. The second kappa shape index (κ2) is 9.76. The van der Waals surface area contributed by atoms with Crippen LogP contribution >= 0.6 is 11.6 Å². The lowest BCUT2D eigenvalue weighted by atomic mass is 10.1. The van der Waals surface area contributed by atoms with Crippen LogP contribution in [0.1, 0.15) is 42.1 Å². The van der Waals surface area contributed by atoms with E-state index in [1.165, 1.54) is 0 Å². The first-order valence-electron chi connectivity index (χ1n) is 10.1. The van der Waals surface area contributed by atoms with E-state index in [0.29, 0.717) is 35.1 Å². The molecule has 7 heteroatoms. The first kappa shape index (κ1) is 21.8. The van der Waals surface area contributed by atoms with Crippen LogP contribution in [0.15, 0.2) is 42.5 Å². The van der Waals surface area contributed by atoms with Gasteiger partial charge in [-0.2, -0.15) is 0 Å². The third kappa shape index (κ3) is 5.19. The summed E-state index contributed by atoms with van der Waals surface area (Å²) in [5.41, 5.74) is 2.52. The van der Waals surface area contributed by atoms with Crippen molar-refractivity contribution in [3.8, 4) is 0 Å². The molecule has 2 aromatic rings. The summed E-state index contributed by atoms with van der Waals surface area (Å²) in [5.74, 6) is -0.740. The van der Waals surface area contributed by atoms with Crippen molar-refractivity contribution in [1.82, 2.24) is 4.90 Å². The van der Waals surface area contributed by atoms with Gasteiger partial charge in [-0.1, -0.05) is 31.0 Å². The Morgan fingerprint density at radius 3 is 2.57 bits per heavy atom. The van der Waals surface area contributed by atoms with E-state index < -0.39 is 0 Å². The van der Waals surface area contributed by atoms with Crippen molar-refractivity contribution in [2.75, 3.05) is 23.7 Å². The molecule has 3 amide bonds. The zero-order valence-electron chi connectivity index (χ0n) is 17.2. The molecule has 0 bridgehead atoms. The van der Waals surface area contributed by atoms with Crippen LogP contribution in [0.4, 0.5) is 11.4 Å². The zero-order valence-corrected chi connectivity index (χ0v) is 18.0. The van der Waals surface area contributed by atoms with E-state index in [1.54, 1.807) is 47.4 Å². The second-order valence-electron chi connectivity index (χ2n) is 7.53. The van der Waals surface area contributed by atoms with Crippen LogP contribution in [-0.2, 0) is 9.59 Å². The largest absolute Gasteiger partial charge is 0.342 e. The van der Waals surface area contributed by atoms with Crippen molar-refractivity contribution < 1.29 is 14.4 Å². The van der Waals surface area contributed by atoms with Crippen molar-refractivity contribution >= 4 is 40.7 Å². The molecule has 0 radical (unpaired) electrons. The Bertz CT molecular complexity index is 943. The number of amides is 3. The van der Waals surface area contributed by atoms with Crippen molar-refractivity contribution in [3.05, 3.63) is 58.6 Å². The summed E-state index contributed by atoms with van der Waals surface area (Å²) >= 11 is 6.09. The van der Waals surface area contributed by atoms with Crippen molar-refractivity contribution in [2.45, 2.75) is 33.1 Å². The van der Waals surface area contributed by atoms with Gasteiger partial charge < -0.3 is 15.5 Å². The number of benzene rings is 2. The molecule has 1 heterocycles. The maximum atomic E-state index is 12.5. The monoisotopic (exact) mass is 427 g/mol. The van der Waals surface area contributed by atoms with Gasteiger partial charge in [0, 0.05) is 41.5 Å². The molecule has 2 aromatic carbocycles. The standard InChI is InChI=1S/C23H26ClN3O3/c1-3-4-12-27-14-17(13-21(27)28)23(30)25-18-10-8-16(9-11-18)22(29)26-20-7-5-6-19(24)15(20)2/h5-11,17H,3-4,12-14H2,1-2H3,(H,25,30)(H,26,29). The van der Waals surface area contributed by atoms with E-state index in [2.05, 4.69) is 17.6 Å². The molecule has 1 saturated heterocycles. The fourth-order valence-corrected chi connectivity index (χ4v) is 3.57. The summed E-state index contributed by atoms with van der Waals surface area (Å²) in [6, 6.07) is 12.0. The fraction of sp³-hybridized carbons (Fsp3) is 0.348. The van der Waals surface area contributed by atoms with E-state index in [9.17, 15) is 14.4 Å². The van der Waals surface area contributed by atoms with Gasteiger partial charge in [0.1, 0.15) is 0 Å². The number of hydrogen-bond acceptors (Lipinski definition) is 3. The summed E-state index contributed by atoms with van der Waals surface area (Å²) < 4.78 is 0. The predicted molar refractivity (Wildman–Crippen MR) is 119 cm³/mol. The van der Waals surface area contributed by atoms with Gasteiger partial charge in [0.15, 0.2) is 0 Å². The van der Waals surface area contributed by atoms with Crippen LogP contribution in [0.3, 0.4) is 0 Å². The molecule has 0 spiro atoms. The van der Waals surface area contributed by atoms with Gasteiger partial charge in [-0.15, -0.1) is 0 Å². The molecule has 1 atom stereocenters. The molecular weight excluding hydrogens is 402 g/mol. The minimum absolute atomic E-state index is 0.0342. The fourth-order valence-electron chi connectivity index (χ4n) is 3.40. The highest BCUT2D eigenvalue weighted by atomic mass is 35.5. The van der Waals surface area contributed by atoms with Crippen molar-refractivity contribution in [1.29, 1.82) is 0 Å². The Hall–Kier alpha value is -2.86. The summed E-state index contributed by atoms with van der Waals surface area (Å²) in [6.45, 7) is 5.08. The molecule has 0 aliphatic carbocycles. The number of nitrogens with zero attached hydrogens (tertiary/aromatic N) is 1. The predicted octanol–water partition coefficient (Wildman–Crippen LogP) is 4.49. The number of carbonyl (C=O) groups excluding carboxylic acids is 3. The molecule has 1 aliphatic rings. The summed E-state index contributed by atoms with van der Waals surface area (Å²) in [4.78, 5) is 38.8. The number of carbonyl (C=O) groups is 3. The Morgan fingerprint density at radius 2 is 1.87 bits per heavy atom. The lowest BCUT2D eigenvalue weighted by Gasteiger charge is -2.16. The quantitative estimate of drug-likeness (QED) is 0.683. The van der Waals surface area contributed by atoms with Crippen LogP contribution in [0.5, 0.6) is 0 Å². The second-order valence-corrected chi connectivity index (χ2v) is 7.93. The van der Waals surface area contributed by atoms with Gasteiger partial charge in [-0.25, -0.2) is 0 Å². The number of halogens is 1. The average Bonchev–Trinajstić information content (AvgIpc) is 3.11. The first-order valence-corrected chi connectivity index (χ1v) is 10.5. The zero-order chi connectivity index (χ0) is 21.7. The number of nitrogens with one attached hydrogen (secondary N) is 2. The topological polar surface area (TPSA) is 78.5 Å². The van der Waals surface area contributed by atoms with E-state index >= 15 is 0 Å². The summed E-state index contributed by atoms with van der Waals surface area (Å²) in [5, 5.41) is 6.28. The van der Waals surface area contributed by atoms with Crippen LogP contribution in [0.25, 0.3) is 0 Å². The van der Waals surface area contributed by atoms with Gasteiger partial charge in [0.25, 0.3) is 5.91 Å². The Morgan fingerprint density at radius 1 is 1.13 bits per heavy atom. The van der Waals surface area contributed by atoms with Crippen molar-refractivity contribution in [2.24, 2.45) is 5.92 Å². The minimum atomic E-state index is -0.344. The van der Waals surface area contributed by atoms with Crippen LogP contribution < -0.4 is 10.6 Å². The molecule has 1 fully saturated rings. The molecule has 0 aromatic heterocycles. The number of rotatable bonds is 7. The lowest BCUT2D eigenvalue weighted by Crippen LogP contribution is -2.29. The Labute approximate surface area is 181 Å². The molecular formula is C23H26ClN3O3. The molecule has 1 aliphatic heterocycles. The first-order chi connectivity index (χ1) is 14.4. The normalized spacial score (nSPS) is 15.9. The van der Waals surface area contributed by atoms with Gasteiger partial charge in [-0.3, -0.25) is 14.4 Å². The third-order valence-corrected chi connectivity index (χ3v) is 5.71. The summed E-state index contributed by atoms with van der Waals surface area (Å²) in [6.07, 6.45) is 2.20. The maximum Gasteiger partial charge on any atom is 0.255 e. The van der Waals surface area contributed by atoms with Gasteiger partial charge in [0.05, 0.1) is 5.92 Å². The highest BCUT2D eigenvalue weighted by Crippen LogP contribution is 2.24. The van der Waals surface area contributed by atoms with Crippen LogP contribution in [-0.4, -0.2) is 35.7 Å². The number of likely N-dealkylation sites (tertiary alicyclic amines) is 1. The van der Waals surface area contributed by atoms with E-state index in [0.717, 1.165) is 18.4 Å². The minimum Gasteiger partial charge on any atom is -0.342 e. The summed E-state index contributed by atoms with van der Waals surface area (Å²) in [7, 11) is 0. The number of hydrogen-bond donors (Lipinski definition) is 2. The van der Waals surface area contributed by atoms with Gasteiger partial charge in [-0.05, 0) is 55.3 Å².